The monoisotopic (exact) mass is 474 g/mol. The molecular weight excluding hydrogens is 447 g/mol. The molecule has 0 fully saturated rings. The lowest BCUT2D eigenvalue weighted by atomic mass is 9.77. The van der Waals surface area contributed by atoms with Gasteiger partial charge in [0.05, 0.1) is 11.7 Å². The molecule has 4 heteroatoms. The van der Waals surface area contributed by atoms with Crippen molar-refractivity contribution in [1.29, 1.82) is 0 Å². The number of hydrogen-bond acceptors (Lipinski definition) is 3. The lowest BCUT2D eigenvalue weighted by Gasteiger charge is -2.37. The van der Waals surface area contributed by atoms with Gasteiger partial charge < -0.3 is 10.1 Å². The quantitative estimate of drug-likeness (QED) is 0.227. The number of nitrogens with zero attached hydrogens (tertiary/aromatic N) is 1. The zero-order valence-corrected chi connectivity index (χ0v) is 19.8. The Morgan fingerprint density at radius 3 is 2.58 bits per heavy atom. The highest BCUT2D eigenvalue weighted by molar-refractivity contribution is 5.82. The fourth-order valence-corrected chi connectivity index (χ4v) is 5.23. The van der Waals surface area contributed by atoms with Crippen LogP contribution in [-0.2, 0) is 6.61 Å². The summed E-state index contributed by atoms with van der Waals surface area (Å²) < 4.78 is 19.1. The Morgan fingerprint density at radius 1 is 0.917 bits per heavy atom. The normalized spacial score (nSPS) is 20.1. The molecule has 0 aromatic heterocycles. The van der Waals surface area contributed by atoms with Gasteiger partial charge in [0.15, 0.2) is 0 Å². The van der Waals surface area contributed by atoms with Gasteiger partial charge >= 0.3 is 0 Å². The number of aliphatic imine (C=N–C) groups is 1. The Labute approximate surface area is 211 Å². The maximum Gasteiger partial charge on any atom is 0.123 e. The third-order valence-corrected chi connectivity index (χ3v) is 7.06. The standard InChI is InChI=1S/C32H27FN2O/c33-25-6-3-5-23(19-25)21-36-27-17-11-22(12-18-27)20-34-26-15-13-24(14-16-26)32-30-9-4-8-28(30)29-7-1-2-10-31(29)35-32/h1-8,10-20,28,30,32,35H,9,21H2/t28-,30+,32+/m1/s1. The van der Waals surface area contributed by atoms with Crippen molar-refractivity contribution in [3.8, 4) is 5.75 Å². The summed E-state index contributed by atoms with van der Waals surface area (Å²) in [5, 5.41) is 3.78. The molecule has 36 heavy (non-hydrogen) atoms. The summed E-state index contributed by atoms with van der Waals surface area (Å²) in [7, 11) is 0. The van der Waals surface area contributed by atoms with E-state index >= 15 is 0 Å². The number of para-hydroxylation sites is 1. The number of fused-ring (bicyclic) bond motifs is 3. The fourth-order valence-electron chi connectivity index (χ4n) is 5.23. The Hall–Kier alpha value is -4.18. The summed E-state index contributed by atoms with van der Waals surface area (Å²) in [5.74, 6) is 1.50. The Kier molecular flexibility index (Phi) is 6.08. The van der Waals surface area contributed by atoms with Gasteiger partial charge in [-0.25, -0.2) is 4.39 Å². The van der Waals surface area contributed by atoms with Crippen LogP contribution in [0.3, 0.4) is 0 Å². The van der Waals surface area contributed by atoms with E-state index in [1.54, 1.807) is 6.07 Å². The molecule has 4 aromatic carbocycles. The lowest BCUT2D eigenvalue weighted by molar-refractivity contribution is 0.305. The summed E-state index contributed by atoms with van der Waals surface area (Å²) in [6.45, 7) is 0.330. The number of nitrogens with one attached hydrogen (secondary N) is 1. The molecule has 3 nitrogen and oxygen atoms in total. The number of allylic oxidation sites excluding steroid dienone is 2. The van der Waals surface area contributed by atoms with Gasteiger partial charge in [-0.05, 0) is 89.2 Å². The molecule has 1 heterocycles. The van der Waals surface area contributed by atoms with E-state index in [2.05, 4.69) is 71.0 Å². The molecule has 1 aliphatic carbocycles. The van der Waals surface area contributed by atoms with Crippen LogP contribution in [0.1, 0.15) is 40.6 Å². The van der Waals surface area contributed by atoms with Crippen molar-refractivity contribution in [2.45, 2.75) is 25.0 Å². The van der Waals surface area contributed by atoms with Crippen LogP contribution in [0, 0.1) is 11.7 Å². The third kappa shape index (κ3) is 4.67. The molecule has 0 saturated carbocycles. The maximum atomic E-state index is 13.3. The van der Waals surface area contributed by atoms with Crippen molar-refractivity contribution in [2.75, 3.05) is 5.32 Å². The van der Waals surface area contributed by atoms with Crippen LogP contribution >= 0.6 is 0 Å². The van der Waals surface area contributed by atoms with Gasteiger partial charge in [-0.3, -0.25) is 4.99 Å². The number of ether oxygens (including phenoxy) is 1. The molecule has 6 rings (SSSR count). The molecule has 0 amide bonds. The highest BCUT2D eigenvalue weighted by atomic mass is 19.1. The topological polar surface area (TPSA) is 33.6 Å². The molecule has 178 valence electrons. The molecule has 0 saturated heterocycles. The second-order valence-corrected chi connectivity index (χ2v) is 9.40. The molecule has 3 atom stereocenters. The molecular formula is C32H27FN2O. The lowest BCUT2D eigenvalue weighted by Crippen LogP contribution is -2.28. The third-order valence-electron chi connectivity index (χ3n) is 7.06. The van der Waals surface area contributed by atoms with E-state index in [0.29, 0.717) is 18.4 Å². The smallest absolute Gasteiger partial charge is 0.123 e. The summed E-state index contributed by atoms with van der Waals surface area (Å²) >= 11 is 0. The molecule has 0 unspecified atom stereocenters. The van der Waals surface area contributed by atoms with Crippen molar-refractivity contribution in [2.24, 2.45) is 10.9 Å². The number of anilines is 1. The molecule has 2 aliphatic rings. The second-order valence-electron chi connectivity index (χ2n) is 9.40. The van der Waals surface area contributed by atoms with Gasteiger partial charge in [-0.15, -0.1) is 0 Å². The minimum atomic E-state index is -0.254. The van der Waals surface area contributed by atoms with E-state index in [0.717, 1.165) is 29.0 Å². The number of rotatable bonds is 6. The molecule has 0 bridgehead atoms. The van der Waals surface area contributed by atoms with Crippen molar-refractivity contribution in [1.82, 2.24) is 0 Å². The van der Waals surface area contributed by atoms with Crippen LogP contribution < -0.4 is 10.1 Å². The van der Waals surface area contributed by atoms with Crippen LogP contribution in [-0.4, -0.2) is 6.21 Å². The summed E-state index contributed by atoms with van der Waals surface area (Å²) in [4.78, 5) is 4.66. The van der Waals surface area contributed by atoms with Crippen LogP contribution in [0.2, 0.25) is 0 Å². The minimum absolute atomic E-state index is 0.254. The molecule has 1 N–H and O–H groups in total. The van der Waals surface area contributed by atoms with Crippen LogP contribution in [0.15, 0.2) is 114 Å². The van der Waals surface area contributed by atoms with Crippen molar-refractivity contribution in [3.05, 3.63) is 137 Å². The second kappa shape index (κ2) is 9.82. The van der Waals surface area contributed by atoms with E-state index in [-0.39, 0.29) is 11.9 Å². The van der Waals surface area contributed by atoms with Crippen molar-refractivity contribution >= 4 is 17.6 Å². The minimum Gasteiger partial charge on any atom is -0.489 e. The molecule has 0 radical (unpaired) electrons. The average molecular weight is 475 g/mol. The summed E-state index contributed by atoms with van der Waals surface area (Å²) in [5.41, 5.74) is 6.64. The van der Waals surface area contributed by atoms with Gasteiger partial charge in [0.1, 0.15) is 18.2 Å². The summed E-state index contributed by atoms with van der Waals surface area (Å²) in [6.07, 6.45) is 7.65. The van der Waals surface area contributed by atoms with Crippen LogP contribution in [0.5, 0.6) is 5.75 Å². The first-order valence-electron chi connectivity index (χ1n) is 12.4. The highest BCUT2D eigenvalue weighted by Gasteiger charge is 2.37. The van der Waals surface area contributed by atoms with Gasteiger partial charge in [0.2, 0.25) is 0 Å². The van der Waals surface area contributed by atoms with Crippen molar-refractivity contribution in [3.63, 3.8) is 0 Å². The van der Waals surface area contributed by atoms with Gasteiger partial charge in [0.25, 0.3) is 0 Å². The Balaban J connectivity index is 1.10. The van der Waals surface area contributed by atoms with Crippen molar-refractivity contribution < 1.29 is 9.13 Å². The van der Waals surface area contributed by atoms with E-state index in [9.17, 15) is 4.39 Å². The molecule has 0 spiro atoms. The average Bonchev–Trinajstić information content (AvgIpc) is 3.42. The highest BCUT2D eigenvalue weighted by Crippen LogP contribution is 2.49. The zero-order chi connectivity index (χ0) is 24.3. The van der Waals surface area contributed by atoms with Gasteiger partial charge in [0, 0.05) is 17.8 Å². The largest absolute Gasteiger partial charge is 0.489 e. The van der Waals surface area contributed by atoms with Gasteiger partial charge in [-0.1, -0.05) is 54.6 Å². The predicted octanol–water partition coefficient (Wildman–Crippen LogP) is 7.98. The van der Waals surface area contributed by atoms with E-state index < -0.39 is 0 Å². The number of hydrogen-bond donors (Lipinski definition) is 1. The van der Waals surface area contributed by atoms with E-state index in [1.807, 2.05) is 36.5 Å². The predicted molar refractivity (Wildman–Crippen MR) is 144 cm³/mol. The van der Waals surface area contributed by atoms with Crippen LogP contribution in [0.4, 0.5) is 15.8 Å². The Morgan fingerprint density at radius 2 is 1.75 bits per heavy atom. The zero-order valence-electron chi connectivity index (χ0n) is 19.8. The Bertz CT molecular complexity index is 1410. The summed E-state index contributed by atoms with van der Waals surface area (Å²) in [6, 6.07) is 31.7. The first-order chi connectivity index (χ1) is 17.7. The SMILES string of the molecule is Fc1cccc(COc2ccc(C=Nc3ccc([C@@H]4Nc5ccccc5[C@H]5C=CC[C@@H]54)cc3)cc2)c1. The molecule has 4 aromatic rings. The van der Waals surface area contributed by atoms with Crippen LogP contribution in [0.25, 0.3) is 0 Å². The first-order valence-corrected chi connectivity index (χ1v) is 12.4. The molecule has 1 aliphatic heterocycles. The fraction of sp³-hybridized carbons (Fsp3) is 0.156. The number of halogens is 1. The van der Waals surface area contributed by atoms with Gasteiger partial charge in [-0.2, -0.15) is 0 Å². The van der Waals surface area contributed by atoms with E-state index in [4.69, 9.17) is 4.74 Å². The maximum absolute atomic E-state index is 13.3. The first kappa shape index (κ1) is 22.3. The van der Waals surface area contributed by atoms with E-state index in [1.165, 1.54) is 28.9 Å². The number of benzene rings is 4.